The van der Waals surface area contributed by atoms with Gasteiger partial charge in [0.15, 0.2) is 0 Å². The van der Waals surface area contributed by atoms with Crippen LogP contribution in [-0.4, -0.2) is 29.2 Å². The van der Waals surface area contributed by atoms with Gasteiger partial charge >= 0.3 is 5.97 Å². The van der Waals surface area contributed by atoms with Crippen LogP contribution < -0.4 is 4.74 Å². The van der Waals surface area contributed by atoms with Gasteiger partial charge in [-0.2, -0.15) is 5.06 Å². The van der Waals surface area contributed by atoms with Crippen LogP contribution in [0.25, 0.3) is 0 Å². The van der Waals surface area contributed by atoms with E-state index in [0.717, 1.165) is 29.7 Å². The average molecular weight is 426 g/mol. The third kappa shape index (κ3) is 5.66. The molecule has 3 rings (SSSR count). The smallest absolute Gasteiger partial charge is 0.337 e. The average Bonchev–Trinajstić information content (AvgIpc) is 2.74. The highest BCUT2D eigenvalue weighted by molar-refractivity contribution is 5.89. The van der Waals surface area contributed by atoms with Gasteiger partial charge in [0.05, 0.1) is 12.7 Å². The van der Waals surface area contributed by atoms with E-state index in [1.54, 1.807) is 12.1 Å². The Kier molecular flexibility index (Phi) is 7.07. The predicted octanol–water partition coefficient (Wildman–Crippen LogP) is 6.09. The van der Waals surface area contributed by atoms with Crippen LogP contribution in [0, 0.1) is 0 Å². The van der Waals surface area contributed by atoms with Crippen molar-refractivity contribution in [2.45, 2.75) is 77.7 Å². The van der Waals surface area contributed by atoms with E-state index in [9.17, 15) is 4.79 Å². The summed E-state index contributed by atoms with van der Waals surface area (Å²) in [6, 6.07) is 15.3. The number of piperidine rings is 1. The Morgan fingerprint density at radius 1 is 0.968 bits per heavy atom. The van der Waals surface area contributed by atoms with E-state index in [1.807, 2.05) is 24.3 Å². The van der Waals surface area contributed by atoms with Gasteiger partial charge in [-0.1, -0.05) is 24.3 Å². The van der Waals surface area contributed by atoms with Gasteiger partial charge in [-0.3, -0.25) is 4.84 Å². The second-order valence-corrected chi connectivity index (χ2v) is 9.57. The summed E-state index contributed by atoms with van der Waals surface area (Å²) < 4.78 is 10.6. The van der Waals surface area contributed by atoms with Gasteiger partial charge < -0.3 is 9.47 Å². The number of esters is 1. The summed E-state index contributed by atoms with van der Waals surface area (Å²) in [4.78, 5) is 18.0. The number of ether oxygens (including phenoxy) is 2. The van der Waals surface area contributed by atoms with E-state index in [-0.39, 0.29) is 23.2 Å². The quantitative estimate of drug-likeness (QED) is 0.503. The Bertz CT molecular complexity index is 855. The first-order valence-corrected chi connectivity index (χ1v) is 11.0. The van der Waals surface area contributed by atoms with Crippen molar-refractivity contribution < 1.29 is 19.1 Å². The first kappa shape index (κ1) is 23.3. The number of hydrogen-bond donors (Lipinski definition) is 0. The fraction of sp³-hybridized carbons (Fsp3) is 0.500. The molecule has 1 atom stereocenters. The fourth-order valence-electron chi connectivity index (χ4n) is 4.34. The van der Waals surface area contributed by atoms with E-state index in [4.69, 9.17) is 14.3 Å². The molecule has 0 aliphatic carbocycles. The van der Waals surface area contributed by atoms with Gasteiger partial charge in [-0.15, -0.1) is 0 Å². The van der Waals surface area contributed by atoms with E-state index < -0.39 is 0 Å². The Morgan fingerprint density at radius 3 is 2.10 bits per heavy atom. The lowest BCUT2D eigenvalue weighted by Crippen LogP contribution is -2.58. The predicted molar refractivity (Wildman–Crippen MR) is 122 cm³/mol. The molecule has 5 heteroatoms. The van der Waals surface area contributed by atoms with Gasteiger partial charge in [0.2, 0.25) is 0 Å². The van der Waals surface area contributed by atoms with Crippen molar-refractivity contribution in [1.82, 2.24) is 5.06 Å². The molecular weight excluding hydrogens is 390 g/mol. The van der Waals surface area contributed by atoms with E-state index in [1.165, 1.54) is 13.5 Å². The minimum Gasteiger partial charge on any atom is -0.489 e. The van der Waals surface area contributed by atoms with Gasteiger partial charge in [-0.05, 0) is 89.3 Å². The topological polar surface area (TPSA) is 48.0 Å². The molecule has 0 saturated carbocycles. The molecule has 2 aromatic rings. The van der Waals surface area contributed by atoms with E-state index in [2.05, 4.69) is 51.8 Å². The van der Waals surface area contributed by atoms with Gasteiger partial charge in [0.25, 0.3) is 0 Å². The van der Waals surface area contributed by atoms with Crippen molar-refractivity contribution >= 4 is 5.97 Å². The summed E-state index contributed by atoms with van der Waals surface area (Å²) in [5.41, 5.74) is 2.67. The first-order valence-electron chi connectivity index (χ1n) is 11.0. The van der Waals surface area contributed by atoms with Crippen LogP contribution in [0.5, 0.6) is 5.75 Å². The van der Waals surface area contributed by atoms with Crippen molar-refractivity contribution in [3.05, 3.63) is 65.2 Å². The minimum absolute atomic E-state index is 0.0163. The van der Waals surface area contributed by atoms with Crippen molar-refractivity contribution in [3.8, 4) is 5.75 Å². The molecule has 0 radical (unpaired) electrons. The molecule has 0 bridgehead atoms. The molecule has 0 N–H and O–H groups in total. The van der Waals surface area contributed by atoms with Crippen molar-refractivity contribution in [2.24, 2.45) is 0 Å². The molecule has 0 amide bonds. The second kappa shape index (κ2) is 9.41. The Labute approximate surface area is 186 Å². The van der Waals surface area contributed by atoms with E-state index >= 15 is 0 Å². The van der Waals surface area contributed by atoms with Gasteiger partial charge in [0, 0.05) is 11.1 Å². The van der Waals surface area contributed by atoms with Gasteiger partial charge in [0.1, 0.15) is 18.5 Å². The number of benzene rings is 2. The summed E-state index contributed by atoms with van der Waals surface area (Å²) in [7, 11) is 1.38. The molecule has 5 nitrogen and oxygen atoms in total. The lowest BCUT2D eigenvalue weighted by atomic mass is 9.82. The van der Waals surface area contributed by atoms with Gasteiger partial charge in [-0.25, -0.2) is 4.79 Å². The number of hydroxylamine groups is 2. The Hall–Kier alpha value is -2.37. The number of methoxy groups -OCH3 is 1. The highest BCUT2D eigenvalue weighted by Crippen LogP contribution is 2.40. The number of carbonyl (C=O) groups excluding carboxylic acids is 1. The lowest BCUT2D eigenvalue weighted by molar-refractivity contribution is -0.304. The lowest BCUT2D eigenvalue weighted by Gasteiger charge is -2.52. The number of hydrogen-bond acceptors (Lipinski definition) is 5. The minimum atomic E-state index is -0.337. The molecule has 1 fully saturated rings. The zero-order chi connectivity index (χ0) is 22.6. The second-order valence-electron chi connectivity index (χ2n) is 9.57. The third-order valence-electron chi connectivity index (χ3n) is 6.07. The van der Waals surface area contributed by atoms with E-state index in [0.29, 0.717) is 12.2 Å². The molecule has 0 spiro atoms. The Morgan fingerprint density at radius 2 is 1.55 bits per heavy atom. The monoisotopic (exact) mass is 425 g/mol. The highest BCUT2D eigenvalue weighted by atomic mass is 16.7. The maximum Gasteiger partial charge on any atom is 0.337 e. The van der Waals surface area contributed by atoms with Crippen LogP contribution >= 0.6 is 0 Å². The molecule has 1 saturated heterocycles. The Balaban J connectivity index is 1.58. The van der Waals surface area contributed by atoms with Crippen LogP contribution in [-0.2, 0) is 16.2 Å². The van der Waals surface area contributed by atoms with Crippen molar-refractivity contribution in [1.29, 1.82) is 0 Å². The molecular formula is C26H35NO4. The molecule has 2 aromatic carbocycles. The largest absolute Gasteiger partial charge is 0.489 e. The number of rotatable bonds is 7. The van der Waals surface area contributed by atoms with Crippen LogP contribution in [0.4, 0.5) is 0 Å². The third-order valence-corrected chi connectivity index (χ3v) is 6.07. The molecule has 1 unspecified atom stereocenters. The zero-order valence-electron chi connectivity index (χ0n) is 19.6. The van der Waals surface area contributed by atoms with Crippen LogP contribution in [0.2, 0.25) is 0 Å². The number of nitrogens with zero attached hydrogens (tertiary/aromatic N) is 1. The maximum atomic E-state index is 11.5. The molecule has 1 aliphatic rings. The van der Waals surface area contributed by atoms with Crippen molar-refractivity contribution in [3.63, 3.8) is 0 Å². The molecule has 31 heavy (non-hydrogen) atoms. The SMILES string of the molecule is COC(=O)c1ccc(COc2ccc(C(C)ON3C(C)(C)CCCC3(C)C)cc2)cc1. The van der Waals surface area contributed by atoms with Crippen molar-refractivity contribution in [2.75, 3.05) is 7.11 Å². The summed E-state index contributed by atoms with van der Waals surface area (Å²) in [6.07, 6.45) is 3.45. The van der Waals surface area contributed by atoms with Crippen LogP contribution in [0.1, 0.15) is 81.5 Å². The fourth-order valence-corrected chi connectivity index (χ4v) is 4.34. The molecule has 1 aliphatic heterocycles. The van der Waals surface area contributed by atoms with Crippen LogP contribution in [0.15, 0.2) is 48.5 Å². The number of carbonyl (C=O) groups is 1. The summed E-state index contributed by atoms with van der Waals surface area (Å²) >= 11 is 0. The molecule has 0 aromatic heterocycles. The summed E-state index contributed by atoms with van der Waals surface area (Å²) in [5, 5.41) is 2.20. The zero-order valence-corrected chi connectivity index (χ0v) is 19.6. The summed E-state index contributed by atoms with van der Waals surface area (Å²) in [6.45, 7) is 11.6. The highest BCUT2D eigenvalue weighted by Gasteiger charge is 2.43. The molecule has 168 valence electrons. The maximum absolute atomic E-state index is 11.5. The normalized spacial score (nSPS) is 18.9. The van der Waals surface area contributed by atoms with Crippen LogP contribution in [0.3, 0.4) is 0 Å². The molecule has 1 heterocycles. The summed E-state index contributed by atoms with van der Waals surface area (Å²) in [5.74, 6) is 0.461. The first-order chi connectivity index (χ1) is 14.6. The standard InChI is InChI=1S/C26H35NO4/c1-19(31-27-25(2,3)16-7-17-26(27,4)5)21-12-14-23(15-13-21)30-18-20-8-10-22(11-9-20)24(28)29-6/h8-15,19H,7,16-18H2,1-6H3.